The number of carbonyl (C=O) groups is 1. The summed E-state index contributed by atoms with van der Waals surface area (Å²) in [6.45, 7) is 2.22. The van der Waals surface area contributed by atoms with E-state index in [0.29, 0.717) is 6.61 Å². The zero-order valence-electron chi connectivity index (χ0n) is 8.27. The Labute approximate surface area is 84.2 Å². The van der Waals surface area contributed by atoms with Crippen LogP contribution in [0.5, 0.6) is 0 Å². The van der Waals surface area contributed by atoms with E-state index in [4.69, 9.17) is 4.74 Å². The van der Waals surface area contributed by atoms with Crippen molar-refractivity contribution < 1.29 is 9.53 Å². The lowest BCUT2D eigenvalue weighted by atomic mass is 10.1. The second-order valence-electron chi connectivity index (χ2n) is 2.84. The molecule has 0 saturated heterocycles. The molecule has 0 atom stereocenters. The van der Waals surface area contributed by atoms with Crippen LogP contribution in [0.4, 0.5) is 0 Å². The van der Waals surface area contributed by atoms with Gasteiger partial charge in [-0.3, -0.25) is 0 Å². The summed E-state index contributed by atoms with van der Waals surface area (Å²) in [6, 6.07) is 9.98. The quantitative estimate of drug-likeness (QED) is 0.538. The molecule has 0 bridgehead atoms. The number of ether oxygens (including phenoxy) is 1. The number of hydrogen-bond acceptors (Lipinski definition) is 2. The Hall–Kier alpha value is -1.57. The second kappa shape index (κ2) is 5.97. The molecule has 0 aromatic heterocycles. The SMILES string of the molecule is CCOC(=O)C=CCc1ccccc1. The third-order valence-electron chi connectivity index (χ3n) is 1.74. The highest BCUT2D eigenvalue weighted by atomic mass is 16.5. The number of esters is 1. The molecule has 0 saturated carbocycles. The van der Waals surface area contributed by atoms with Crippen molar-refractivity contribution in [2.45, 2.75) is 13.3 Å². The van der Waals surface area contributed by atoms with E-state index in [1.54, 1.807) is 6.92 Å². The van der Waals surface area contributed by atoms with Crippen LogP contribution < -0.4 is 0 Å². The zero-order chi connectivity index (χ0) is 10.2. The number of allylic oxidation sites excluding steroid dienone is 1. The highest BCUT2D eigenvalue weighted by Crippen LogP contribution is 1.99. The van der Waals surface area contributed by atoms with Crippen LogP contribution in [0, 0.1) is 0 Å². The molecule has 1 aromatic carbocycles. The smallest absolute Gasteiger partial charge is 0.330 e. The van der Waals surface area contributed by atoms with Gasteiger partial charge in [-0.1, -0.05) is 36.4 Å². The first kappa shape index (κ1) is 10.5. The molecule has 0 N–H and O–H groups in total. The molecule has 0 amide bonds. The Balaban J connectivity index is 2.37. The van der Waals surface area contributed by atoms with Crippen molar-refractivity contribution in [3.8, 4) is 0 Å². The molecular formula is C12H14O2. The van der Waals surface area contributed by atoms with Gasteiger partial charge in [-0.2, -0.15) is 0 Å². The zero-order valence-corrected chi connectivity index (χ0v) is 8.27. The first-order chi connectivity index (χ1) is 6.83. The Morgan fingerprint density at radius 1 is 1.36 bits per heavy atom. The van der Waals surface area contributed by atoms with Gasteiger partial charge in [0.1, 0.15) is 0 Å². The Morgan fingerprint density at radius 3 is 2.71 bits per heavy atom. The highest BCUT2D eigenvalue weighted by molar-refractivity contribution is 5.81. The molecule has 0 unspecified atom stereocenters. The lowest BCUT2D eigenvalue weighted by Crippen LogP contribution is -1.98. The van der Waals surface area contributed by atoms with Crippen LogP contribution in [-0.4, -0.2) is 12.6 Å². The van der Waals surface area contributed by atoms with Gasteiger partial charge in [0.05, 0.1) is 6.61 Å². The maximum Gasteiger partial charge on any atom is 0.330 e. The predicted octanol–water partition coefficient (Wildman–Crippen LogP) is 2.35. The minimum absolute atomic E-state index is 0.275. The molecule has 2 nitrogen and oxygen atoms in total. The molecule has 14 heavy (non-hydrogen) atoms. The standard InChI is InChI=1S/C12H14O2/c1-2-14-12(13)10-6-9-11-7-4-3-5-8-11/h3-8,10H,2,9H2,1H3. The van der Waals surface area contributed by atoms with Gasteiger partial charge < -0.3 is 4.74 Å². The molecule has 0 fully saturated rings. The average molecular weight is 190 g/mol. The van der Waals surface area contributed by atoms with Crippen LogP contribution in [0.2, 0.25) is 0 Å². The lowest BCUT2D eigenvalue weighted by molar-refractivity contribution is -0.137. The monoisotopic (exact) mass is 190 g/mol. The Morgan fingerprint density at radius 2 is 2.07 bits per heavy atom. The molecule has 1 aromatic rings. The molecule has 0 spiro atoms. The van der Waals surface area contributed by atoms with E-state index in [1.807, 2.05) is 36.4 Å². The Kier molecular flexibility index (Phi) is 4.48. The van der Waals surface area contributed by atoms with E-state index >= 15 is 0 Å². The predicted molar refractivity (Wildman–Crippen MR) is 55.9 cm³/mol. The van der Waals surface area contributed by atoms with Crippen molar-refractivity contribution in [3.05, 3.63) is 48.0 Å². The summed E-state index contributed by atoms with van der Waals surface area (Å²) in [7, 11) is 0. The largest absolute Gasteiger partial charge is 0.463 e. The first-order valence-electron chi connectivity index (χ1n) is 4.70. The van der Waals surface area contributed by atoms with Crippen LogP contribution in [0.25, 0.3) is 0 Å². The fourth-order valence-electron chi connectivity index (χ4n) is 1.10. The van der Waals surface area contributed by atoms with Crippen LogP contribution >= 0.6 is 0 Å². The number of carbonyl (C=O) groups excluding carboxylic acids is 1. The summed E-state index contributed by atoms with van der Waals surface area (Å²) < 4.78 is 4.75. The molecule has 74 valence electrons. The summed E-state index contributed by atoms with van der Waals surface area (Å²) >= 11 is 0. The maximum absolute atomic E-state index is 10.9. The van der Waals surface area contributed by atoms with Gasteiger partial charge in [-0.05, 0) is 18.9 Å². The van der Waals surface area contributed by atoms with Crippen molar-refractivity contribution in [3.63, 3.8) is 0 Å². The topological polar surface area (TPSA) is 26.3 Å². The van der Waals surface area contributed by atoms with Crippen molar-refractivity contribution in [1.82, 2.24) is 0 Å². The van der Waals surface area contributed by atoms with Crippen LogP contribution in [0.15, 0.2) is 42.5 Å². The van der Waals surface area contributed by atoms with Gasteiger partial charge >= 0.3 is 5.97 Å². The average Bonchev–Trinajstić information content (AvgIpc) is 2.20. The molecule has 2 heteroatoms. The summed E-state index contributed by atoms with van der Waals surface area (Å²) in [5, 5.41) is 0. The number of hydrogen-bond donors (Lipinski definition) is 0. The van der Waals surface area contributed by atoms with Gasteiger partial charge in [0.25, 0.3) is 0 Å². The maximum atomic E-state index is 10.9. The van der Waals surface area contributed by atoms with E-state index in [-0.39, 0.29) is 5.97 Å². The van der Waals surface area contributed by atoms with Crippen LogP contribution in [-0.2, 0) is 16.0 Å². The summed E-state index contributed by atoms with van der Waals surface area (Å²) in [5.41, 5.74) is 1.19. The van der Waals surface area contributed by atoms with Crippen LogP contribution in [0.3, 0.4) is 0 Å². The fraction of sp³-hybridized carbons (Fsp3) is 0.250. The van der Waals surface area contributed by atoms with Crippen molar-refractivity contribution >= 4 is 5.97 Å². The fourth-order valence-corrected chi connectivity index (χ4v) is 1.10. The third kappa shape index (κ3) is 3.90. The van der Waals surface area contributed by atoms with Gasteiger partial charge in [0.2, 0.25) is 0 Å². The van der Waals surface area contributed by atoms with Gasteiger partial charge in [0, 0.05) is 6.08 Å². The molecule has 0 aliphatic carbocycles. The molecular weight excluding hydrogens is 176 g/mol. The van der Waals surface area contributed by atoms with Crippen molar-refractivity contribution in [2.24, 2.45) is 0 Å². The molecule has 0 radical (unpaired) electrons. The van der Waals surface area contributed by atoms with Gasteiger partial charge in [-0.25, -0.2) is 4.79 Å². The van der Waals surface area contributed by atoms with Gasteiger partial charge in [0.15, 0.2) is 0 Å². The molecule has 0 aliphatic rings. The normalized spacial score (nSPS) is 10.4. The van der Waals surface area contributed by atoms with E-state index in [1.165, 1.54) is 11.6 Å². The minimum Gasteiger partial charge on any atom is -0.463 e. The third-order valence-corrected chi connectivity index (χ3v) is 1.74. The summed E-state index contributed by atoms with van der Waals surface area (Å²) in [6.07, 6.45) is 4.05. The van der Waals surface area contributed by atoms with Crippen LogP contribution in [0.1, 0.15) is 12.5 Å². The summed E-state index contributed by atoms with van der Waals surface area (Å²) in [4.78, 5) is 10.9. The molecule has 0 aliphatic heterocycles. The lowest BCUT2D eigenvalue weighted by Gasteiger charge is -1.95. The van der Waals surface area contributed by atoms with Crippen molar-refractivity contribution in [2.75, 3.05) is 6.61 Å². The van der Waals surface area contributed by atoms with E-state index < -0.39 is 0 Å². The van der Waals surface area contributed by atoms with E-state index in [0.717, 1.165) is 6.42 Å². The molecule has 0 heterocycles. The second-order valence-corrected chi connectivity index (χ2v) is 2.84. The van der Waals surface area contributed by atoms with E-state index in [9.17, 15) is 4.79 Å². The number of benzene rings is 1. The highest BCUT2D eigenvalue weighted by Gasteiger charge is 1.92. The van der Waals surface area contributed by atoms with Crippen molar-refractivity contribution in [1.29, 1.82) is 0 Å². The Bertz CT molecular complexity index is 301. The minimum atomic E-state index is -0.275. The summed E-state index contributed by atoms with van der Waals surface area (Å²) in [5.74, 6) is -0.275. The number of rotatable bonds is 4. The van der Waals surface area contributed by atoms with Gasteiger partial charge in [-0.15, -0.1) is 0 Å². The molecule has 1 rings (SSSR count). The van der Waals surface area contributed by atoms with E-state index in [2.05, 4.69) is 0 Å². The first-order valence-corrected chi connectivity index (χ1v) is 4.70.